The van der Waals surface area contributed by atoms with Gasteiger partial charge in [0.15, 0.2) is 5.11 Å². The normalized spacial score (nSPS) is 15.5. The molecule has 3 aromatic rings. The van der Waals surface area contributed by atoms with Crippen molar-refractivity contribution in [1.29, 1.82) is 0 Å². The van der Waals surface area contributed by atoms with Crippen LogP contribution in [0.5, 0.6) is 5.75 Å². The molecule has 0 saturated carbocycles. The average molecular weight is 496 g/mol. The zero-order valence-corrected chi connectivity index (χ0v) is 19.7. The number of anilines is 2. The van der Waals surface area contributed by atoms with Gasteiger partial charge in [0.05, 0.1) is 19.2 Å². The molecule has 1 atom stereocenters. The molecule has 0 unspecified atom stereocenters. The van der Waals surface area contributed by atoms with E-state index in [2.05, 4.69) is 5.32 Å². The third kappa shape index (κ3) is 5.46. The highest BCUT2D eigenvalue weighted by Gasteiger charge is 2.44. The van der Waals surface area contributed by atoms with Crippen LogP contribution in [0, 0.1) is 11.6 Å². The number of hydrogen-bond donors (Lipinski definition) is 1. The summed E-state index contributed by atoms with van der Waals surface area (Å²) in [6.45, 7) is 0.243. The van der Waals surface area contributed by atoms with Crippen molar-refractivity contribution >= 4 is 40.5 Å². The van der Waals surface area contributed by atoms with Gasteiger partial charge in [-0.1, -0.05) is 18.2 Å². The molecule has 0 aliphatic carbocycles. The predicted octanol–water partition coefficient (Wildman–Crippen LogP) is 4.55. The molecule has 6 nitrogen and oxygen atoms in total. The topological polar surface area (TPSA) is 61.9 Å². The van der Waals surface area contributed by atoms with Gasteiger partial charge in [-0.3, -0.25) is 14.5 Å². The molecule has 2 amide bonds. The lowest BCUT2D eigenvalue weighted by Gasteiger charge is -2.24. The minimum atomic E-state index is -0.878. The first kappa shape index (κ1) is 24.3. The third-order valence-corrected chi connectivity index (χ3v) is 6.15. The Morgan fingerprint density at radius 1 is 1.03 bits per heavy atom. The summed E-state index contributed by atoms with van der Waals surface area (Å²) in [5.41, 5.74) is 1.44. The molecular formula is C26H23F2N3O3S. The number of rotatable bonds is 8. The summed E-state index contributed by atoms with van der Waals surface area (Å²) in [5, 5.41) is 2.91. The van der Waals surface area contributed by atoms with Gasteiger partial charge < -0.3 is 15.0 Å². The van der Waals surface area contributed by atoms with Crippen molar-refractivity contribution in [3.8, 4) is 5.75 Å². The van der Waals surface area contributed by atoms with Gasteiger partial charge in [0, 0.05) is 12.2 Å². The standard InChI is InChI=1S/C26H23F2N3O3S/c1-34-21-12-10-20(11-13-21)31-25(33)23(16-24(32)29-19-8-6-18(27)7-9-19)30(26(31)35)15-14-17-4-2-3-5-22(17)28/h2-13,23H,14-16H2,1H3,(H,29,32)/t23-/m0/s1. The van der Waals surface area contributed by atoms with Crippen molar-refractivity contribution < 1.29 is 23.1 Å². The smallest absolute Gasteiger partial charge is 0.256 e. The molecule has 0 radical (unpaired) electrons. The number of ether oxygens (including phenoxy) is 1. The summed E-state index contributed by atoms with van der Waals surface area (Å²) < 4.78 is 32.6. The molecule has 1 N–H and O–H groups in total. The first-order valence-electron chi connectivity index (χ1n) is 10.9. The first-order valence-corrected chi connectivity index (χ1v) is 11.4. The van der Waals surface area contributed by atoms with Crippen LogP contribution in [0.3, 0.4) is 0 Å². The molecule has 1 aliphatic heterocycles. The van der Waals surface area contributed by atoms with Crippen molar-refractivity contribution in [2.45, 2.75) is 18.9 Å². The summed E-state index contributed by atoms with van der Waals surface area (Å²) >= 11 is 5.64. The fourth-order valence-electron chi connectivity index (χ4n) is 3.92. The molecule has 9 heteroatoms. The van der Waals surface area contributed by atoms with Crippen LogP contribution in [0.25, 0.3) is 0 Å². The van der Waals surface area contributed by atoms with E-state index in [1.165, 1.54) is 35.2 Å². The number of thiocarbonyl (C=S) groups is 1. The van der Waals surface area contributed by atoms with Gasteiger partial charge in [-0.2, -0.15) is 0 Å². The lowest BCUT2D eigenvalue weighted by atomic mass is 10.1. The predicted molar refractivity (Wildman–Crippen MR) is 133 cm³/mol. The Balaban J connectivity index is 1.57. The number of nitrogens with zero attached hydrogens (tertiary/aromatic N) is 2. The van der Waals surface area contributed by atoms with Crippen LogP contribution < -0.4 is 15.0 Å². The molecule has 1 heterocycles. The van der Waals surface area contributed by atoms with E-state index in [9.17, 15) is 18.4 Å². The number of carbonyl (C=O) groups is 2. The van der Waals surface area contributed by atoms with Gasteiger partial charge in [-0.05, 0) is 78.8 Å². The van der Waals surface area contributed by atoms with Gasteiger partial charge in [-0.25, -0.2) is 8.78 Å². The van der Waals surface area contributed by atoms with E-state index in [1.54, 1.807) is 54.5 Å². The summed E-state index contributed by atoms with van der Waals surface area (Å²) in [4.78, 5) is 29.3. The van der Waals surface area contributed by atoms with Crippen molar-refractivity contribution in [2.24, 2.45) is 0 Å². The fourth-order valence-corrected chi connectivity index (χ4v) is 4.33. The second-order valence-electron chi connectivity index (χ2n) is 7.96. The van der Waals surface area contributed by atoms with E-state index in [0.29, 0.717) is 29.1 Å². The van der Waals surface area contributed by atoms with Gasteiger partial charge in [0.1, 0.15) is 23.4 Å². The fraction of sp³-hybridized carbons (Fsp3) is 0.192. The number of methoxy groups -OCH3 is 1. The minimum absolute atomic E-state index is 0.180. The number of nitrogens with one attached hydrogen (secondary N) is 1. The van der Waals surface area contributed by atoms with Crippen LogP contribution in [-0.4, -0.2) is 41.5 Å². The van der Waals surface area contributed by atoms with Crippen LogP contribution >= 0.6 is 12.2 Å². The van der Waals surface area contributed by atoms with Gasteiger partial charge in [0.25, 0.3) is 5.91 Å². The minimum Gasteiger partial charge on any atom is -0.497 e. The monoisotopic (exact) mass is 495 g/mol. The Morgan fingerprint density at radius 2 is 1.71 bits per heavy atom. The van der Waals surface area contributed by atoms with Crippen LogP contribution in [0.15, 0.2) is 72.8 Å². The lowest BCUT2D eigenvalue weighted by molar-refractivity contribution is -0.124. The van der Waals surface area contributed by atoms with E-state index < -0.39 is 17.8 Å². The van der Waals surface area contributed by atoms with Crippen LogP contribution in [0.2, 0.25) is 0 Å². The highest BCUT2D eigenvalue weighted by atomic mass is 32.1. The number of halogens is 2. The van der Waals surface area contributed by atoms with Crippen LogP contribution in [0.4, 0.5) is 20.2 Å². The van der Waals surface area contributed by atoms with Gasteiger partial charge >= 0.3 is 0 Å². The lowest BCUT2D eigenvalue weighted by Crippen LogP contribution is -2.39. The van der Waals surface area contributed by atoms with Gasteiger partial charge in [-0.15, -0.1) is 0 Å². The summed E-state index contributed by atoms with van der Waals surface area (Å²) in [6, 6.07) is 17.7. The molecule has 180 valence electrons. The van der Waals surface area contributed by atoms with E-state index in [1.807, 2.05) is 0 Å². The first-order chi connectivity index (χ1) is 16.9. The number of carbonyl (C=O) groups excluding carboxylic acids is 2. The van der Waals surface area contributed by atoms with E-state index in [4.69, 9.17) is 17.0 Å². The Labute approximate surface area is 207 Å². The van der Waals surface area contributed by atoms with Crippen molar-refractivity contribution in [3.63, 3.8) is 0 Å². The molecule has 35 heavy (non-hydrogen) atoms. The quantitative estimate of drug-likeness (QED) is 0.465. The van der Waals surface area contributed by atoms with E-state index >= 15 is 0 Å². The maximum Gasteiger partial charge on any atom is 0.256 e. The Bertz CT molecular complexity index is 1240. The third-order valence-electron chi connectivity index (χ3n) is 5.74. The molecular weight excluding hydrogens is 472 g/mol. The molecule has 1 fully saturated rings. The van der Waals surface area contributed by atoms with Crippen molar-refractivity contribution in [1.82, 2.24) is 4.90 Å². The van der Waals surface area contributed by atoms with Gasteiger partial charge in [0.2, 0.25) is 5.91 Å². The second kappa shape index (κ2) is 10.6. The summed E-state index contributed by atoms with van der Waals surface area (Å²) in [7, 11) is 1.54. The second-order valence-corrected chi connectivity index (χ2v) is 8.33. The Hall–Kier alpha value is -3.85. The average Bonchev–Trinajstić information content (AvgIpc) is 3.08. The van der Waals surface area contributed by atoms with E-state index in [0.717, 1.165) is 0 Å². The largest absolute Gasteiger partial charge is 0.497 e. The summed E-state index contributed by atoms with van der Waals surface area (Å²) in [5.74, 6) is -0.929. The number of hydrogen-bond acceptors (Lipinski definition) is 4. The summed E-state index contributed by atoms with van der Waals surface area (Å²) in [6.07, 6.45) is 0.118. The Kier molecular flexibility index (Phi) is 7.36. The molecule has 0 spiro atoms. The highest BCUT2D eigenvalue weighted by Crippen LogP contribution is 2.29. The molecule has 3 aromatic carbocycles. The maximum absolute atomic E-state index is 14.2. The van der Waals surface area contributed by atoms with Crippen molar-refractivity contribution in [2.75, 3.05) is 23.9 Å². The Morgan fingerprint density at radius 3 is 2.37 bits per heavy atom. The molecule has 1 aliphatic rings. The highest BCUT2D eigenvalue weighted by molar-refractivity contribution is 7.80. The molecule has 4 rings (SSSR count). The van der Waals surface area contributed by atoms with Crippen molar-refractivity contribution in [3.05, 3.63) is 90.0 Å². The number of amides is 2. The zero-order chi connectivity index (χ0) is 24.9. The molecule has 0 bridgehead atoms. The molecule has 0 aromatic heterocycles. The number of benzene rings is 3. The maximum atomic E-state index is 14.2. The van der Waals surface area contributed by atoms with Crippen LogP contribution in [0.1, 0.15) is 12.0 Å². The SMILES string of the molecule is COc1ccc(N2C(=O)[C@H](CC(=O)Nc3ccc(F)cc3)N(CCc3ccccc3F)C2=S)cc1. The van der Waals surface area contributed by atoms with Crippen LogP contribution in [-0.2, 0) is 16.0 Å². The zero-order valence-electron chi connectivity index (χ0n) is 18.9. The molecule has 1 saturated heterocycles. The van der Waals surface area contributed by atoms with E-state index in [-0.39, 0.29) is 29.8 Å².